The van der Waals surface area contributed by atoms with Crippen LogP contribution >= 0.6 is 0 Å². The monoisotopic (exact) mass is 533 g/mol. The molecule has 2 aromatic rings. The number of carbonyl (C=O) groups is 2. The molecule has 8 nitrogen and oxygen atoms in total. The number of halogens is 1. The van der Waals surface area contributed by atoms with Gasteiger partial charge in [0.25, 0.3) is 0 Å². The van der Waals surface area contributed by atoms with Gasteiger partial charge in [-0.15, -0.1) is 0 Å². The van der Waals surface area contributed by atoms with Crippen molar-refractivity contribution < 1.29 is 27.1 Å². The lowest BCUT2D eigenvalue weighted by molar-refractivity contribution is -0.141. The molecule has 1 fully saturated rings. The Morgan fingerprint density at radius 3 is 2.49 bits per heavy atom. The van der Waals surface area contributed by atoms with Gasteiger partial charge in [-0.1, -0.05) is 37.1 Å². The highest BCUT2D eigenvalue weighted by atomic mass is 32.2. The van der Waals surface area contributed by atoms with Crippen molar-refractivity contribution in [1.29, 1.82) is 0 Å². The van der Waals surface area contributed by atoms with E-state index in [1.807, 2.05) is 0 Å². The van der Waals surface area contributed by atoms with Gasteiger partial charge in [-0.05, 0) is 44.4 Å². The molecule has 0 aliphatic heterocycles. The van der Waals surface area contributed by atoms with Crippen LogP contribution in [-0.4, -0.2) is 57.1 Å². The Bertz CT molecular complexity index is 1180. The Morgan fingerprint density at radius 1 is 1.14 bits per heavy atom. The maximum absolute atomic E-state index is 14.4. The van der Waals surface area contributed by atoms with Crippen LogP contribution < -0.4 is 14.4 Å². The molecule has 2 aromatic carbocycles. The third-order valence-electron chi connectivity index (χ3n) is 6.66. The first-order valence-corrected chi connectivity index (χ1v) is 14.4. The number of hydrogen-bond donors (Lipinski definition) is 1. The molecule has 1 atom stereocenters. The molecule has 0 heterocycles. The van der Waals surface area contributed by atoms with E-state index in [0.29, 0.717) is 17.0 Å². The molecule has 1 aliphatic carbocycles. The number of nitrogens with one attached hydrogen (secondary N) is 1. The molecule has 0 spiro atoms. The van der Waals surface area contributed by atoms with Gasteiger partial charge in [0, 0.05) is 37.2 Å². The van der Waals surface area contributed by atoms with E-state index in [1.54, 1.807) is 49.4 Å². The summed E-state index contributed by atoms with van der Waals surface area (Å²) in [6.45, 7) is 1.65. The molecule has 3 rings (SSSR count). The summed E-state index contributed by atoms with van der Waals surface area (Å²) >= 11 is 0. The lowest BCUT2D eigenvalue weighted by atomic mass is 10.1. The van der Waals surface area contributed by atoms with Gasteiger partial charge in [0.1, 0.15) is 17.6 Å². The van der Waals surface area contributed by atoms with Crippen LogP contribution in [0.5, 0.6) is 5.75 Å². The van der Waals surface area contributed by atoms with E-state index in [2.05, 4.69) is 5.32 Å². The zero-order valence-electron chi connectivity index (χ0n) is 21.7. The standard InChI is InChI=1S/C27H36FN3O5S/c1-20(27(33)29-22-11-5-6-12-22)30(19-21-10-4-7-15-25(21)28)26(32)16-9-17-31(37(3,34)35)23-13-8-14-24(18-23)36-2/h4,7-8,10,13-15,18,20,22H,5-6,9,11-12,16-17,19H2,1-3H3,(H,29,33). The number of nitrogens with zero attached hydrogens (tertiary/aromatic N) is 2. The normalized spacial score (nSPS) is 14.7. The lowest BCUT2D eigenvalue weighted by Crippen LogP contribution is -2.49. The molecular formula is C27H36FN3O5S. The smallest absolute Gasteiger partial charge is 0.242 e. The largest absolute Gasteiger partial charge is 0.497 e. The molecule has 2 amide bonds. The van der Waals surface area contributed by atoms with Crippen molar-refractivity contribution in [3.8, 4) is 5.75 Å². The van der Waals surface area contributed by atoms with Crippen LogP contribution in [0.1, 0.15) is 51.0 Å². The van der Waals surface area contributed by atoms with Crippen LogP contribution in [0.15, 0.2) is 48.5 Å². The van der Waals surface area contributed by atoms with E-state index < -0.39 is 21.9 Å². The Balaban J connectivity index is 1.73. The van der Waals surface area contributed by atoms with Crippen LogP contribution in [0.2, 0.25) is 0 Å². The Labute approximate surface area is 218 Å². The van der Waals surface area contributed by atoms with Gasteiger partial charge in [0.15, 0.2) is 0 Å². The molecule has 0 radical (unpaired) electrons. The van der Waals surface area contributed by atoms with Gasteiger partial charge in [0.05, 0.1) is 19.1 Å². The van der Waals surface area contributed by atoms with Crippen molar-refractivity contribution in [1.82, 2.24) is 10.2 Å². The fraction of sp³-hybridized carbons (Fsp3) is 0.481. The molecule has 1 N–H and O–H groups in total. The molecule has 202 valence electrons. The van der Waals surface area contributed by atoms with E-state index in [1.165, 1.54) is 22.4 Å². The highest BCUT2D eigenvalue weighted by Gasteiger charge is 2.29. The van der Waals surface area contributed by atoms with E-state index in [9.17, 15) is 22.4 Å². The third-order valence-corrected chi connectivity index (χ3v) is 7.85. The third kappa shape index (κ3) is 7.92. The summed E-state index contributed by atoms with van der Waals surface area (Å²) in [4.78, 5) is 27.7. The number of methoxy groups -OCH3 is 1. The number of anilines is 1. The predicted molar refractivity (Wildman–Crippen MR) is 141 cm³/mol. The summed E-state index contributed by atoms with van der Waals surface area (Å²) in [7, 11) is -2.12. The SMILES string of the molecule is COc1cccc(N(CCCC(=O)N(Cc2ccccc2F)C(C)C(=O)NC2CCCC2)S(C)(=O)=O)c1. The fourth-order valence-corrected chi connectivity index (χ4v) is 5.51. The van der Waals surface area contributed by atoms with Crippen molar-refractivity contribution in [2.24, 2.45) is 0 Å². The molecule has 37 heavy (non-hydrogen) atoms. The second-order valence-corrected chi connectivity index (χ2v) is 11.3. The molecule has 0 saturated heterocycles. The zero-order chi connectivity index (χ0) is 27.0. The number of hydrogen-bond acceptors (Lipinski definition) is 5. The first-order valence-electron chi connectivity index (χ1n) is 12.5. The van der Waals surface area contributed by atoms with Crippen LogP contribution in [0, 0.1) is 5.82 Å². The molecule has 1 unspecified atom stereocenters. The lowest BCUT2D eigenvalue weighted by Gasteiger charge is -2.30. The summed E-state index contributed by atoms with van der Waals surface area (Å²) < 4.78 is 45.8. The van der Waals surface area contributed by atoms with Gasteiger partial charge in [0.2, 0.25) is 21.8 Å². The van der Waals surface area contributed by atoms with Crippen molar-refractivity contribution >= 4 is 27.5 Å². The van der Waals surface area contributed by atoms with Gasteiger partial charge >= 0.3 is 0 Å². The first kappa shape index (κ1) is 28.4. The highest BCUT2D eigenvalue weighted by molar-refractivity contribution is 7.92. The molecule has 10 heteroatoms. The number of sulfonamides is 1. The summed E-state index contributed by atoms with van der Waals surface area (Å²) in [5, 5.41) is 3.01. The average molecular weight is 534 g/mol. The molecule has 0 aromatic heterocycles. The molecular weight excluding hydrogens is 497 g/mol. The topological polar surface area (TPSA) is 96.0 Å². The van der Waals surface area contributed by atoms with Crippen LogP contribution in [-0.2, 0) is 26.2 Å². The summed E-state index contributed by atoms with van der Waals surface area (Å²) in [6, 6.07) is 12.1. The van der Waals surface area contributed by atoms with Crippen molar-refractivity contribution in [3.05, 3.63) is 59.9 Å². The van der Waals surface area contributed by atoms with Crippen molar-refractivity contribution in [3.63, 3.8) is 0 Å². The number of ether oxygens (including phenoxy) is 1. The van der Waals surface area contributed by atoms with Crippen molar-refractivity contribution in [2.45, 2.75) is 64.1 Å². The number of amides is 2. The number of benzene rings is 2. The summed E-state index contributed by atoms with van der Waals surface area (Å²) in [5.41, 5.74) is 0.743. The number of rotatable bonds is 12. The molecule has 0 bridgehead atoms. The second-order valence-electron chi connectivity index (χ2n) is 9.42. The molecule has 1 aliphatic rings. The van der Waals surface area contributed by atoms with E-state index in [4.69, 9.17) is 4.74 Å². The Hall–Kier alpha value is -3.14. The molecule has 1 saturated carbocycles. The van der Waals surface area contributed by atoms with Crippen LogP contribution in [0.3, 0.4) is 0 Å². The van der Waals surface area contributed by atoms with Crippen LogP contribution in [0.4, 0.5) is 10.1 Å². The Morgan fingerprint density at radius 2 is 1.84 bits per heavy atom. The highest BCUT2D eigenvalue weighted by Crippen LogP contribution is 2.24. The van der Waals surface area contributed by atoms with Gasteiger partial charge in [-0.3, -0.25) is 13.9 Å². The van der Waals surface area contributed by atoms with E-state index in [0.717, 1.165) is 31.9 Å². The fourth-order valence-electron chi connectivity index (χ4n) is 4.55. The Kier molecular flexibility index (Phi) is 9.91. The number of carbonyl (C=O) groups excluding carboxylic acids is 2. The van der Waals surface area contributed by atoms with Crippen LogP contribution in [0.25, 0.3) is 0 Å². The van der Waals surface area contributed by atoms with Crippen molar-refractivity contribution in [2.75, 3.05) is 24.2 Å². The predicted octanol–water partition coefficient (Wildman–Crippen LogP) is 3.86. The summed E-state index contributed by atoms with van der Waals surface area (Å²) in [6.07, 6.45) is 5.24. The maximum atomic E-state index is 14.4. The minimum absolute atomic E-state index is 0.00844. The average Bonchev–Trinajstić information content (AvgIpc) is 3.38. The summed E-state index contributed by atoms with van der Waals surface area (Å²) in [5.74, 6) is -0.562. The van der Waals surface area contributed by atoms with Gasteiger partial charge < -0.3 is 15.0 Å². The minimum Gasteiger partial charge on any atom is -0.497 e. The van der Waals surface area contributed by atoms with E-state index >= 15 is 0 Å². The minimum atomic E-state index is -3.62. The van der Waals surface area contributed by atoms with Gasteiger partial charge in [-0.2, -0.15) is 0 Å². The van der Waals surface area contributed by atoms with E-state index in [-0.39, 0.29) is 43.8 Å². The second kappa shape index (κ2) is 12.9. The first-order chi connectivity index (χ1) is 17.6. The maximum Gasteiger partial charge on any atom is 0.242 e. The quantitative estimate of drug-likeness (QED) is 0.447. The zero-order valence-corrected chi connectivity index (χ0v) is 22.5. The van der Waals surface area contributed by atoms with Gasteiger partial charge in [-0.25, -0.2) is 12.8 Å².